The highest BCUT2D eigenvalue weighted by molar-refractivity contribution is 6.33. The molecule has 0 amide bonds. The summed E-state index contributed by atoms with van der Waals surface area (Å²) < 4.78 is 0. The second kappa shape index (κ2) is 7.32. The molecule has 2 rings (SSSR count). The van der Waals surface area contributed by atoms with Crippen LogP contribution in [0.3, 0.4) is 0 Å². The number of rotatable bonds is 6. The van der Waals surface area contributed by atoms with Crippen LogP contribution in [-0.2, 0) is 0 Å². The van der Waals surface area contributed by atoms with Crippen LogP contribution < -0.4 is 5.32 Å². The van der Waals surface area contributed by atoms with Gasteiger partial charge in [0.2, 0.25) is 0 Å². The summed E-state index contributed by atoms with van der Waals surface area (Å²) in [5.41, 5.74) is 1.27. The van der Waals surface area contributed by atoms with Crippen molar-refractivity contribution in [2.45, 2.75) is 51.1 Å². The molecule has 1 unspecified atom stereocenters. The molecule has 0 bridgehead atoms. The molecule has 1 aliphatic carbocycles. The molecule has 4 heteroatoms. The van der Waals surface area contributed by atoms with Gasteiger partial charge in [-0.15, -0.1) is 0 Å². The molecule has 0 heterocycles. The molecule has 1 aliphatic rings. The Bertz CT molecular complexity index is 466. The van der Waals surface area contributed by atoms with Crippen LogP contribution in [0.1, 0.15) is 51.1 Å². The molecule has 1 N–H and O–H groups in total. The summed E-state index contributed by atoms with van der Waals surface area (Å²) in [6.45, 7) is 6.62. The van der Waals surface area contributed by atoms with Gasteiger partial charge < -0.3 is 5.32 Å². The van der Waals surface area contributed by atoms with Gasteiger partial charge in [-0.3, -0.25) is 4.90 Å². The number of hydrogen-bond acceptors (Lipinski definition) is 2. The van der Waals surface area contributed by atoms with Gasteiger partial charge in [0.25, 0.3) is 0 Å². The van der Waals surface area contributed by atoms with Crippen molar-refractivity contribution in [3.05, 3.63) is 33.8 Å². The second-order valence-corrected chi connectivity index (χ2v) is 6.71. The largest absolute Gasteiger partial charge is 0.311 e. The van der Waals surface area contributed by atoms with Crippen LogP contribution in [0.2, 0.25) is 10.0 Å². The van der Waals surface area contributed by atoms with E-state index in [4.69, 9.17) is 23.2 Å². The first kappa shape index (κ1) is 17.1. The minimum atomic E-state index is 0.145. The molecule has 2 nitrogen and oxygen atoms in total. The first-order chi connectivity index (χ1) is 10.1. The summed E-state index contributed by atoms with van der Waals surface area (Å²) in [5.74, 6) is 0. The van der Waals surface area contributed by atoms with E-state index in [1.165, 1.54) is 25.7 Å². The normalized spacial score (nSPS) is 19.1. The Morgan fingerprint density at radius 2 is 1.81 bits per heavy atom. The number of hydrogen-bond donors (Lipinski definition) is 1. The minimum absolute atomic E-state index is 0.145. The van der Waals surface area contributed by atoms with Crippen LogP contribution in [0.4, 0.5) is 0 Å². The Morgan fingerprint density at radius 3 is 2.33 bits per heavy atom. The van der Waals surface area contributed by atoms with Crippen LogP contribution >= 0.6 is 23.2 Å². The maximum absolute atomic E-state index is 6.48. The second-order valence-electron chi connectivity index (χ2n) is 5.87. The van der Waals surface area contributed by atoms with Crippen molar-refractivity contribution < 1.29 is 0 Å². The monoisotopic (exact) mass is 328 g/mol. The summed E-state index contributed by atoms with van der Waals surface area (Å²) in [5, 5.41) is 5.09. The van der Waals surface area contributed by atoms with Crippen molar-refractivity contribution in [2.24, 2.45) is 0 Å². The SMILES string of the molecule is CCN(CC)C1(C(NC)c2cc(Cl)ccc2Cl)CCCC1. The van der Waals surface area contributed by atoms with Crippen molar-refractivity contribution in [1.29, 1.82) is 0 Å². The summed E-state index contributed by atoms with van der Waals surface area (Å²) in [7, 11) is 2.03. The molecule has 0 radical (unpaired) electrons. The van der Waals surface area contributed by atoms with Crippen molar-refractivity contribution in [1.82, 2.24) is 10.2 Å². The molecule has 21 heavy (non-hydrogen) atoms. The first-order valence-corrected chi connectivity index (χ1v) is 8.72. The molecule has 1 saturated carbocycles. The summed E-state index contributed by atoms with van der Waals surface area (Å²) in [6.07, 6.45) is 4.99. The molecule has 0 saturated heterocycles. The van der Waals surface area contributed by atoms with E-state index >= 15 is 0 Å². The number of benzene rings is 1. The third kappa shape index (κ3) is 3.24. The average Bonchev–Trinajstić information content (AvgIpc) is 2.95. The smallest absolute Gasteiger partial charge is 0.0520 e. The van der Waals surface area contributed by atoms with Gasteiger partial charge in [-0.05, 0) is 56.7 Å². The zero-order chi connectivity index (χ0) is 15.5. The fraction of sp³-hybridized carbons (Fsp3) is 0.647. The van der Waals surface area contributed by atoms with E-state index in [1.54, 1.807) is 0 Å². The molecule has 1 aromatic carbocycles. The fourth-order valence-electron chi connectivity index (χ4n) is 4.08. The predicted molar refractivity (Wildman–Crippen MR) is 92.4 cm³/mol. The van der Waals surface area contributed by atoms with Gasteiger partial charge in [-0.25, -0.2) is 0 Å². The highest BCUT2D eigenvalue weighted by Crippen LogP contribution is 2.46. The van der Waals surface area contributed by atoms with Gasteiger partial charge in [0.15, 0.2) is 0 Å². The predicted octanol–water partition coefficient (Wildman–Crippen LogP) is 4.91. The standard InChI is InChI=1S/C17H26Cl2N2/c1-4-21(5-2)17(10-6-7-11-17)16(20-3)14-12-13(18)8-9-15(14)19/h8-9,12,16,20H,4-7,10-11H2,1-3H3. The summed E-state index contributed by atoms with van der Waals surface area (Å²) in [4.78, 5) is 2.60. The molecule has 118 valence electrons. The summed E-state index contributed by atoms with van der Waals surface area (Å²) in [6, 6.07) is 6.01. The zero-order valence-electron chi connectivity index (χ0n) is 13.3. The van der Waals surface area contributed by atoms with Gasteiger partial charge in [0.1, 0.15) is 0 Å². The zero-order valence-corrected chi connectivity index (χ0v) is 14.8. The van der Waals surface area contributed by atoms with Crippen molar-refractivity contribution in [2.75, 3.05) is 20.1 Å². The van der Waals surface area contributed by atoms with E-state index in [0.29, 0.717) is 0 Å². The molecule has 1 atom stereocenters. The molecular formula is C17H26Cl2N2. The Balaban J connectivity index is 2.47. The highest BCUT2D eigenvalue weighted by atomic mass is 35.5. The van der Waals surface area contributed by atoms with Crippen LogP contribution in [0.5, 0.6) is 0 Å². The number of halogens is 2. The molecule has 0 spiro atoms. The first-order valence-electron chi connectivity index (χ1n) is 7.96. The van der Waals surface area contributed by atoms with E-state index in [2.05, 4.69) is 24.1 Å². The Labute approximate surface area is 138 Å². The van der Waals surface area contributed by atoms with E-state index < -0.39 is 0 Å². The molecule has 0 aliphatic heterocycles. The van der Waals surface area contributed by atoms with Gasteiger partial charge in [-0.2, -0.15) is 0 Å². The van der Waals surface area contributed by atoms with E-state index in [-0.39, 0.29) is 11.6 Å². The van der Waals surface area contributed by atoms with E-state index in [1.807, 2.05) is 25.2 Å². The van der Waals surface area contributed by atoms with Crippen LogP contribution in [0, 0.1) is 0 Å². The van der Waals surface area contributed by atoms with E-state index in [9.17, 15) is 0 Å². The third-order valence-electron chi connectivity index (χ3n) is 4.96. The number of nitrogens with one attached hydrogen (secondary N) is 1. The van der Waals surface area contributed by atoms with E-state index in [0.717, 1.165) is 28.7 Å². The minimum Gasteiger partial charge on any atom is -0.311 e. The summed E-state index contributed by atoms with van der Waals surface area (Å²) >= 11 is 12.7. The Kier molecular flexibility index (Phi) is 5.96. The van der Waals surface area contributed by atoms with Gasteiger partial charge >= 0.3 is 0 Å². The van der Waals surface area contributed by atoms with Gasteiger partial charge in [-0.1, -0.05) is 49.9 Å². The Hall–Kier alpha value is -0.280. The molecule has 1 aromatic rings. The third-order valence-corrected chi connectivity index (χ3v) is 5.54. The average molecular weight is 329 g/mol. The maximum atomic E-state index is 6.48. The van der Waals surface area contributed by atoms with Crippen LogP contribution in [-0.4, -0.2) is 30.6 Å². The molecule has 1 fully saturated rings. The van der Waals surface area contributed by atoms with Crippen LogP contribution in [0.25, 0.3) is 0 Å². The van der Waals surface area contributed by atoms with Crippen molar-refractivity contribution in [3.8, 4) is 0 Å². The Morgan fingerprint density at radius 1 is 1.19 bits per heavy atom. The lowest BCUT2D eigenvalue weighted by Gasteiger charge is -2.46. The topological polar surface area (TPSA) is 15.3 Å². The lowest BCUT2D eigenvalue weighted by atomic mass is 9.81. The fourth-order valence-corrected chi connectivity index (χ4v) is 4.48. The van der Waals surface area contributed by atoms with Crippen molar-refractivity contribution >= 4 is 23.2 Å². The molecular weight excluding hydrogens is 303 g/mol. The highest BCUT2D eigenvalue weighted by Gasteiger charge is 2.45. The lowest BCUT2D eigenvalue weighted by molar-refractivity contribution is 0.0656. The quantitative estimate of drug-likeness (QED) is 0.798. The van der Waals surface area contributed by atoms with Gasteiger partial charge in [0.05, 0.1) is 6.04 Å². The number of likely N-dealkylation sites (N-methyl/N-ethyl adjacent to an activating group) is 2. The maximum Gasteiger partial charge on any atom is 0.0520 e. The molecule has 0 aromatic heterocycles. The lowest BCUT2D eigenvalue weighted by Crippen LogP contribution is -2.54. The van der Waals surface area contributed by atoms with Gasteiger partial charge in [0, 0.05) is 15.6 Å². The van der Waals surface area contributed by atoms with Crippen molar-refractivity contribution in [3.63, 3.8) is 0 Å². The van der Waals surface area contributed by atoms with Crippen LogP contribution in [0.15, 0.2) is 18.2 Å². The number of nitrogens with zero attached hydrogens (tertiary/aromatic N) is 1.